The number of likely N-dealkylation sites (N-methyl/N-ethyl adjacent to an activating group) is 1. The molecule has 1 aromatic rings. The minimum atomic E-state index is -0.275. The predicted octanol–water partition coefficient (Wildman–Crippen LogP) is 1.84. The molecule has 0 aliphatic carbocycles. The van der Waals surface area contributed by atoms with E-state index in [9.17, 15) is 19.2 Å². The van der Waals surface area contributed by atoms with Gasteiger partial charge in [0, 0.05) is 48.8 Å². The molecule has 15 heteroatoms. The molecule has 0 saturated carbocycles. The van der Waals surface area contributed by atoms with Crippen LogP contribution in [-0.2, 0) is 33.3 Å². The Morgan fingerprint density at radius 1 is 0.880 bits per heavy atom. The number of unbranched alkanes of at least 4 members (excludes halogenated alkanes) is 1. The summed E-state index contributed by atoms with van der Waals surface area (Å²) in [7, 11) is 1.76. The second-order valence-electron chi connectivity index (χ2n) is 12.6. The van der Waals surface area contributed by atoms with E-state index in [1.807, 2.05) is 54.5 Å². The molecule has 5 N–H and O–H groups in total. The number of benzene rings is 1. The molecule has 2 unspecified atom stereocenters. The number of hydrogen-bond donors (Lipinski definition) is 5. The van der Waals surface area contributed by atoms with Gasteiger partial charge in [-0.3, -0.25) is 14.4 Å². The molecule has 2 saturated heterocycles. The zero-order chi connectivity index (χ0) is 35.1. The van der Waals surface area contributed by atoms with Crippen LogP contribution >= 0.6 is 11.8 Å². The molecular formula is C35H50N6O8S. The minimum Gasteiger partial charge on any atom is -0.379 e. The van der Waals surface area contributed by atoms with Crippen LogP contribution in [0, 0.1) is 5.92 Å². The number of nitrogens with one attached hydrogen (secondary N) is 5. The predicted molar refractivity (Wildman–Crippen MR) is 190 cm³/mol. The number of urea groups is 1. The van der Waals surface area contributed by atoms with Crippen molar-refractivity contribution in [1.29, 1.82) is 0 Å². The van der Waals surface area contributed by atoms with Crippen LogP contribution in [0.1, 0.15) is 37.7 Å². The molecule has 0 aromatic heterocycles. The van der Waals surface area contributed by atoms with Gasteiger partial charge < -0.3 is 50.4 Å². The molecule has 4 aliphatic rings. The van der Waals surface area contributed by atoms with Crippen molar-refractivity contribution in [3.8, 4) is 0 Å². The quantitative estimate of drug-likeness (QED) is 0.0883. The molecule has 2 fully saturated rings. The van der Waals surface area contributed by atoms with Crippen molar-refractivity contribution in [3.63, 3.8) is 0 Å². The summed E-state index contributed by atoms with van der Waals surface area (Å²) in [5.41, 5.74) is 2.76. The van der Waals surface area contributed by atoms with Crippen molar-refractivity contribution < 1.29 is 38.1 Å². The number of anilines is 1. The maximum Gasteiger partial charge on any atom is 0.315 e. The standard InChI is InChI=1S/C35H50N6O8S/c1-41-22-27(26-10-12-37-32(26)34(41)44)24-6-8-25(9-7-24)38-31(43)11-14-46-16-18-48-20-21-49-19-17-47-15-13-36-30(42)5-3-2-4-29-33-28(23-50-29)39-35(45)40-33/h6-10,12,22,26,28-29,32-33,37H,2-5,11,13-21,23H2,1H3,(H,36,42)(H,38,43)(H2,39,40,45)/t26?,28-,29-,32?,33-/m0/s1. The zero-order valence-corrected chi connectivity index (χ0v) is 29.5. The number of fused-ring (bicyclic) bond motifs is 2. The average molecular weight is 715 g/mol. The topological polar surface area (TPSA) is 169 Å². The number of amides is 5. The Bertz CT molecular complexity index is 1360. The lowest BCUT2D eigenvalue weighted by molar-refractivity contribution is -0.130. The van der Waals surface area contributed by atoms with Gasteiger partial charge >= 0.3 is 6.03 Å². The van der Waals surface area contributed by atoms with Crippen molar-refractivity contribution in [2.24, 2.45) is 5.92 Å². The highest BCUT2D eigenvalue weighted by Gasteiger charge is 2.42. The summed E-state index contributed by atoms with van der Waals surface area (Å²) in [6.45, 7) is 3.71. The summed E-state index contributed by atoms with van der Waals surface area (Å²) in [6, 6.07) is 7.74. The van der Waals surface area contributed by atoms with Gasteiger partial charge in [-0.1, -0.05) is 24.6 Å². The van der Waals surface area contributed by atoms with Crippen LogP contribution in [0.3, 0.4) is 0 Å². The third-order valence-electron chi connectivity index (χ3n) is 8.98. The van der Waals surface area contributed by atoms with Crippen molar-refractivity contribution in [3.05, 3.63) is 48.3 Å². The molecule has 0 spiro atoms. The highest BCUT2D eigenvalue weighted by atomic mass is 32.2. The number of hydrogen-bond acceptors (Lipinski definition) is 10. The second kappa shape index (κ2) is 19.7. The highest BCUT2D eigenvalue weighted by molar-refractivity contribution is 8.00. The minimum absolute atomic E-state index is 0.00817. The molecule has 4 aliphatic heterocycles. The molecule has 0 radical (unpaired) electrons. The Hall–Kier alpha value is -3.63. The highest BCUT2D eigenvalue weighted by Crippen LogP contribution is 2.35. The van der Waals surface area contributed by atoms with Gasteiger partial charge in [0.05, 0.1) is 71.4 Å². The largest absolute Gasteiger partial charge is 0.379 e. The molecule has 274 valence electrons. The fraction of sp³-hybridized carbons (Fsp3) is 0.600. The molecule has 0 bridgehead atoms. The number of carbonyl (C=O) groups is 4. The fourth-order valence-corrected chi connectivity index (χ4v) is 7.90. The molecule has 14 nitrogen and oxygen atoms in total. The maximum atomic E-state index is 12.4. The van der Waals surface area contributed by atoms with Crippen LogP contribution in [0.5, 0.6) is 0 Å². The lowest BCUT2D eigenvalue weighted by atomic mass is 9.85. The van der Waals surface area contributed by atoms with E-state index in [1.165, 1.54) is 0 Å². The Kier molecular flexibility index (Phi) is 14.8. The van der Waals surface area contributed by atoms with Gasteiger partial charge in [-0.25, -0.2) is 4.79 Å². The van der Waals surface area contributed by atoms with E-state index in [2.05, 4.69) is 26.6 Å². The van der Waals surface area contributed by atoms with Crippen molar-refractivity contribution in [1.82, 2.24) is 26.2 Å². The Morgan fingerprint density at radius 3 is 2.32 bits per heavy atom. The van der Waals surface area contributed by atoms with E-state index >= 15 is 0 Å². The van der Waals surface area contributed by atoms with Gasteiger partial charge in [0.2, 0.25) is 17.7 Å². The molecule has 50 heavy (non-hydrogen) atoms. The van der Waals surface area contributed by atoms with Gasteiger partial charge in [0.25, 0.3) is 0 Å². The van der Waals surface area contributed by atoms with Crippen molar-refractivity contribution in [2.75, 3.05) is 77.5 Å². The third kappa shape index (κ3) is 11.2. The van der Waals surface area contributed by atoms with E-state index in [1.54, 1.807) is 11.9 Å². The summed E-state index contributed by atoms with van der Waals surface area (Å²) in [5.74, 6) is 0.885. The van der Waals surface area contributed by atoms with E-state index in [4.69, 9.17) is 18.9 Å². The van der Waals surface area contributed by atoms with Crippen LogP contribution in [0.2, 0.25) is 0 Å². The first-order valence-corrected chi connectivity index (χ1v) is 18.5. The normalized spacial score (nSPS) is 23.5. The van der Waals surface area contributed by atoms with Gasteiger partial charge in [-0.2, -0.15) is 11.8 Å². The molecule has 5 rings (SSSR count). The summed E-state index contributed by atoms with van der Waals surface area (Å²) in [6.07, 6.45) is 9.24. The van der Waals surface area contributed by atoms with Crippen LogP contribution in [0.15, 0.2) is 42.7 Å². The monoisotopic (exact) mass is 714 g/mol. The summed E-state index contributed by atoms with van der Waals surface area (Å²) >= 11 is 1.90. The van der Waals surface area contributed by atoms with Crippen molar-refractivity contribution >= 4 is 46.8 Å². The first kappa shape index (κ1) is 37.6. The molecule has 1 aromatic carbocycles. The maximum absolute atomic E-state index is 12.4. The lowest BCUT2D eigenvalue weighted by Crippen LogP contribution is -2.46. The van der Waals surface area contributed by atoms with Gasteiger partial charge in [0.15, 0.2) is 0 Å². The fourth-order valence-electron chi connectivity index (χ4n) is 6.35. The third-order valence-corrected chi connectivity index (χ3v) is 10.5. The second-order valence-corrected chi connectivity index (χ2v) is 13.9. The number of thioether (sulfide) groups is 1. The average Bonchev–Trinajstić information content (AvgIpc) is 3.84. The number of nitrogens with zero attached hydrogens (tertiary/aromatic N) is 1. The van der Waals surface area contributed by atoms with E-state index in [-0.39, 0.29) is 60.8 Å². The molecule has 5 atom stereocenters. The molecule has 5 amide bonds. The van der Waals surface area contributed by atoms with Crippen molar-refractivity contribution in [2.45, 2.75) is 55.5 Å². The number of rotatable bonds is 22. The Morgan fingerprint density at radius 2 is 1.58 bits per heavy atom. The van der Waals surface area contributed by atoms with Crippen LogP contribution in [0.25, 0.3) is 5.57 Å². The van der Waals surface area contributed by atoms with Crippen LogP contribution in [0.4, 0.5) is 10.5 Å². The smallest absolute Gasteiger partial charge is 0.315 e. The SMILES string of the molecule is CN1C=C(c2ccc(NC(=O)CCOCCOCCOCCOCCNC(=O)CCCC[C@@H]3SC[C@@H]4NC(=O)N[C@@H]43)cc2)C2C=CNC2C1=O. The molecule has 4 heterocycles. The summed E-state index contributed by atoms with van der Waals surface area (Å²) < 4.78 is 22.0. The lowest BCUT2D eigenvalue weighted by Gasteiger charge is -2.31. The Labute approximate surface area is 297 Å². The zero-order valence-electron chi connectivity index (χ0n) is 28.7. The van der Waals surface area contributed by atoms with Gasteiger partial charge in [0.1, 0.15) is 6.04 Å². The molecular weight excluding hydrogens is 664 g/mol. The van der Waals surface area contributed by atoms with Gasteiger partial charge in [-0.05, 0) is 42.3 Å². The number of ether oxygens (including phenoxy) is 4. The van der Waals surface area contributed by atoms with E-state index < -0.39 is 0 Å². The summed E-state index contributed by atoms with van der Waals surface area (Å²) in [4.78, 5) is 49.9. The first-order chi connectivity index (χ1) is 24.4. The van der Waals surface area contributed by atoms with Gasteiger partial charge in [-0.15, -0.1) is 0 Å². The van der Waals surface area contributed by atoms with Crippen LogP contribution < -0.4 is 26.6 Å². The van der Waals surface area contributed by atoms with E-state index in [0.29, 0.717) is 70.2 Å². The van der Waals surface area contributed by atoms with Crippen LogP contribution in [-0.4, -0.2) is 124 Å². The first-order valence-electron chi connectivity index (χ1n) is 17.5. The summed E-state index contributed by atoms with van der Waals surface area (Å²) in [5, 5.41) is 15.3. The van der Waals surface area contributed by atoms with E-state index in [0.717, 1.165) is 36.2 Å². The Balaban J connectivity index is 0.778. The number of carbonyl (C=O) groups excluding carboxylic acids is 4.